The molecule has 0 bridgehead atoms. The van der Waals surface area contributed by atoms with E-state index in [0.29, 0.717) is 50.9 Å². The highest BCUT2D eigenvalue weighted by molar-refractivity contribution is 14.1. The van der Waals surface area contributed by atoms with Crippen molar-refractivity contribution in [1.82, 2.24) is 0 Å². The number of carbonyl (C=O) groups is 1. The molecule has 5 nitrogen and oxygen atoms in total. The van der Waals surface area contributed by atoms with Crippen molar-refractivity contribution in [2.45, 2.75) is 5.60 Å². The third-order valence-electron chi connectivity index (χ3n) is 5.33. The molecule has 1 atom stereocenters. The average molecular weight is 1060 g/mol. The Balaban J connectivity index is 2.05. The van der Waals surface area contributed by atoms with Gasteiger partial charge in [0.25, 0.3) is 0 Å². The molecule has 0 aliphatic carbocycles. The van der Waals surface area contributed by atoms with E-state index in [4.69, 9.17) is 21.1 Å². The van der Waals surface area contributed by atoms with E-state index in [1.165, 1.54) is 0 Å². The number of benzene rings is 3. The van der Waals surface area contributed by atoms with E-state index in [1.807, 2.05) is 67.8 Å². The monoisotopic (exact) mass is 1060 g/mol. The van der Waals surface area contributed by atoms with Gasteiger partial charge in [-0.3, -0.25) is 0 Å². The van der Waals surface area contributed by atoms with Crippen LogP contribution >= 0.6 is 143 Å². The van der Waals surface area contributed by atoms with E-state index < -0.39 is 11.6 Å². The van der Waals surface area contributed by atoms with E-state index >= 15 is 0 Å². The van der Waals surface area contributed by atoms with Crippen molar-refractivity contribution in [2.75, 3.05) is 0 Å². The van der Waals surface area contributed by atoms with Crippen molar-refractivity contribution in [3.05, 3.63) is 68.0 Å². The molecule has 3 aromatic rings. The summed E-state index contributed by atoms with van der Waals surface area (Å²) in [5, 5.41) is 21.1. The topological polar surface area (TPSA) is 76.0 Å². The Morgan fingerprint density at radius 3 is 2.03 bits per heavy atom. The van der Waals surface area contributed by atoms with Gasteiger partial charge in [0.05, 0.1) is 27.4 Å². The molecule has 1 spiro atoms. The van der Waals surface area contributed by atoms with Crippen LogP contribution in [-0.2, 0) is 10.3 Å². The van der Waals surface area contributed by atoms with Crippen LogP contribution in [0.1, 0.15) is 27.0 Å². The van der Waals surface area contributed by atoms with E-state index in [0.717, 1.165) is 0 Å². The van der Waals surface area contributed by atoms with Crippen molar-refractivity contribution in [2.24, 2.45) is 0 Å². The summed E-state index contributed by atoms with van der Waals surface area (Å²) in [6.07, 6.45) is 0. The molecule has 0 fully saturated rings. The zero-order chi connectivity index (χ0) is 24.1. The van der Waals surface area contributed by atoms with Gasteiger partial charge in [-0.25, -0.2) is 4.79 Å². The summed E-state index contributed by atoms with van der Waals surface area (Å²) in [4.78, 5) is 13.4. The lowest BCUT2D eigenvalue weighted by Crippen LogP contribution is -2.34. The first-order valence-corrected chi connectivity index (χ1v) is 15.4. The summed E-state index contributed by atoms with van der Waals surface area (Å²) in [5.41, 5.74) is 0.370. The van der Waals surface area contributed by atoms with Crippen molar-refractivity contribution in [3.8, 4) is 23.0 Å². The van der Waals surface area contributed by atoms with Gasteiger partial charge < -0.3 is 19.7 Å². The highest BCUT2D eigenvalue weighted by Gasteiger charge is 2.57. The molecule has 2 aliphatic heterocycles. The fourth-order valence-corrected chi connectivity index (χ4v) is 9.26. The number of phenols is 2. The van der Waals surface area contributed by atoms with Gasteiger partial charge in [0.2, 0.25) is 0 Å². The second-order valence-corrected chi connectivity index (χ2v) is 13.9. The number of hydrogen-bond acceptors (Lipinski definition) is 5. The van der Waals surface area contributed by atoms with Gasteiger partial charge in [-0.1, -0.05) is 11.6 Å². The number of hydrogen-bond donors (Lipinski definition) is 2. The Morgan fingerprint density at radius 1 is 0.848 bits per heavy atom. The van der Waals surface area contributed by atoms with Crippen molar-refractivity contribution < 1.29 is 24.5 Å². The van der Waals surface area contributed by atoms with Gasteiger partial charge in [-0.05, 0) is 144 Å². The van der Waals surface area contributed by atoms with Crippen LogP contribution in [-0.4, -0.2) is 16.2 Å². The molecule has 3 aromatic carbocycles. The van der Waals surface area contributed by atoms with Gasteiger partial charge >= 0.3 is 5.97 Å². The molecule has 1 unspecified atom stereocenters. The van der Waals surface area contributed by atoms with E-state index in [2.05, 4.69) is 63.7 Å². The van der Waals surface area contributed by atoms with Crippen molar-refractivity contribution in [1.29, 1.82) is 0 Å². The molecule has 0 amide bonds. The minimum Gasteiger partial charge on any atom is -0.506 e. The zero-order valence-electron chi connectivity index (χ0n) is 15.3. The average Bonchev–Trinajstić information content (AvgIpc) is 3.08. The molecule has 0 saturated heterocycles. The maximum Gasteiger partial charge on any atom is 0.341 e. The largest absolute Gasteiger partial charge is 0.506 e. The second kappa shape index (κ2) is 8.75. The molecule has 5 rings (SSSR count). The fraction of sp³-hybridized carbons (Fsp3) is 0.0500. The number of phenolic OH excluding ortho intramolecular Hbond substituents is 2. The van der Waals surface area contributed by atoms with Gasteiger partial charge in [-0.2, -0.15) is 0 Å². The SMILES string of the molecule is O=C1OC2(c3cc(I)c(O)c(Cl)c3Oc3c2cc(I)c(O)c3I)c2c(Br)c(Br)c(Br)c(Br)c21. The molecule has 33 heavy (non-hydrogen) atoms. The number of esters is 1. The van der Waals surface area contributed by atoms with Crippen LogP contribution in [0.3, 0.4) is 0 Å². The summed E-state index contributed by atoms with van der Waals surface area (Å²) in [6.45, 7) is 0. The Labute approximate surface area is 266 Å². The Morgan fingerprint density at radius 2 is 1.39 bits per heavy atom. The van der Waals surface area contributed by atoms with E-state index in [1.54, 1.807) is 12.1 Å². The first-order chi connectivity index (χ1) is 15.4. The molecular formula is C20H4Br4ClI3O5. The summed E-state index contributed by atoms with van der Waals surface area (Å²) < 4.78 is 16.3. The molecule has 2 aliphatic rings. The highest BCUT2D eigenvalue weighted by Crippen LogP contribution is 2.64. The molecule has 0 saturated carbocycles. The summed E-state index contributed by atoms with van der Waals surface area (Å²) in [5.74, 6) is -0.251. The Hall–Kier alpha value is 0.930. The fourth-order valence-electron chi connectivity index (χ4n) is 3.93. The predicted octanol–water partition coefficient (Wildman–Crippen LogP) is 9.18. The maximum atomic E-state index is 13.4. The van der Waals surface area contributed by atoms with Crippen molar-refractivity contribution >= 4 is 149 Å². The Bertz CT molecular complexity index is 1400. The van der Waals surface area contributed by atoms with Crippen LogP contribution in [0.25, 0.3) is 0 Å². The molecule has 170 valence electrons. The predicted molar refractivity (Wildman–Crippen MR) is 162 cm³/mol. The number of ether oxygens (including phenoxy) is 2. The normalized spacial score (nSPS) is 18.0. The minimum atomic E-state index is -1.47. The van der Waals surface area contributed by atoms with Crippen LogP contribution in [0.15, 0.2) is 30.0 Å². The first-order valence-electron chi connectivity index (χ1n) is 8.63. The standard InChI is InChI=1S/C20H4Br4ClI3O5/c21-9-7-8(10(22)12(24)11(9)23)20(33-19(7)31)3-1-5(26)15(29)13(25)17(3)32-18-4(20)2-6(27)16(30)14(18)28/h1-2,29-30H. The van der Waals surface area contributed by atoms with E-state index in [-0.39, 0.29) is 28.0 Å². The lowest BCUT2D eigenvalue weighted by molar-refractivity contribution is 0.0221. The molecular weight excluding hydrogens is 1060 g/mol. The molecule has 2 heterocycles. The van der Waals surface area contributed by atoms with Crippen LogP contribution in [0, 0.1) is 10.7 Å². The van der Waals surface area contributed by atoms with Crippen LogP contribution in [0.4, 0.5) is 0 Å². The number of rotatable bonds is 0. The molecule has 2 N–H and O–H groups in total. The maximum absolute atomic E-state index is 13.4. The van der Waals surface area contributed by atoms with E-state index in [9.17, 15) is 15.0 Å². The highest BCUT2D eigenvalue weighted by atomic mass is 127. The number of fused-ring (bicyclic) bond motifs is 6. The number of aromatic hydroxyl groups is 2. The Kier molecular flexibility index (Phi) is 6.78. The van der Waals surface area contributed by atoms with Crippen molar-refractivity contribution in [3.63, 3.8) is 0 Å². The quantitative estimate of drug-likeness (QED) is 0.102. The van der Waals surface area contributed by atoms with Crippen LogP contribution < -0.4 is 4.74 Å². The van der Waals surface area contributed by atoms with Gasteiger partial charge in [0.1, 0.15) is 10.8 Å². The lowest BCUT2D eigenvalue weighted by Gasteiger charge is -2.38. The van der Waals surface area contributed by atoms with Gasteiger partial charge in [-0.15, -0.1) is 0 Å². The lowest BCUT2D eigenvalue weighted by atomic mass is 9.77. The number of carbonyl (C=O) groups excluding carboxylic acids is 1. The zero-order valence-corrected chi connectivity index (χ0v) is 28.9. The summed E-state index contributed by atoms with van der Waals surface area (Å²) in [6, 6.07) is 3.41. The molecule has 0 radical (unpaired) electrons. The third kappa shape index (κ3) is 3.42. The number of halogens is 8. The summed E-state index contributed by atoms with van der Waals surface area (Å²) in [7, 11) is 0. The van der Waals surface area contributed by atoms with Crippen LogP contribution in [0.2, 0.25) is 5.02 Å². The second-order valence-electron chi connectivity index (χ2n) is 6.97. The minimum absolute atomic E-state index is 0.0216. The van der Waals surface area contributed by atoms with Gasteiger partial charge in [0, 0.05) is 23.5 Å². The molecule has 0 aromatic heterocycles. The van der Waals surface area contributed by atoms with Gasteiger partial charge in [0.15, 0.2) is 22.8 Å². The third-order valence-corrected chi connectivity index (χ3v) is 13.1. The molecule has 13 heteroatoms. The first kappa shape index (κ1) is 25.6. The summed E-state index contributed by atoms with van der Waals surface area (Å²) >= 11 is 26.8. The smallest absolute Gasteiger partial charge is 0.341 e. The van der Waals surface area contributed by atoms with Crippen LogP contribution in [0.5, 0.6) is 23.0 Å².